The second-order valence-corrected chi connectivity index (χ2v) is 7.27. The van der Waals surface area contributed by atoms with E-state index >= 15 is 0 Å². The quantitative estimate of drug-likeness (QED) is 0.877. The van der Waals surface area contributed by atoms with E-state index in [-0.39, 0.29) is 5.91 Å². The lowest BCUT2D eigenvalue weighted by Crippen LogP contribution is -2.43. The van der Waals surface area contributed by atoms with Gasteiger partial charge in [-0.3, -0.25) is 4.79 Å². The van der Waals surface area contributed by atoms with Gasteiger partial charge < -0.3 is 10.2 Å². The maximum atomic E-state index is 12.9. The Labute approximate surface area is 136 Å². The Morgan fingerprint density at radius 3 is 2.86 bits per heavy atom. The van der Waals surface area contributed by atoms with Crippen LogP contribution >= 0.6 is 15.9 Å². The fraction of sp³-hybridized carbons (Fsp3) is 0.588. The first-order valence-corrected chi connectivity index (χ1v) is 8.55. The van der Waals surface area contributed by atoms with Crippen LogP contribution in [0, 0.1) is 12.8 Å². The first-order valence-electron chi connectivity index (χ1n) is 7.76. The number of carbonyl (C=O) groups excluding carboxylic acids is 1. The Bertz CT molecular complexity index is 496. The van der Waals surface area contributed by atoms with Crippen molar-refractivity contribution in [3.63, 3.8) is 0 Å². The Morgan fingerprint density at radius 1 is 1.48 bits per heavy atom. The number of aryl methyl sites for hydroxylation is 1. The highest BCUT2D eigenvalue weighted by Gasteiger charge is 2.24. The molecular weight excluding hydrogens is 328 g/mol. The number of hydrogen-bond donors (Lipinski definition) is 1. The summed E-state index contributed by atoms with van der Waals surface area (Å²) in [7, 11) is 0. The summed E-state index contributed by atoms with van der Waals surface area (Å²) in [6.07, 6.45) is 2.38. The van der Waals surface area contributed by atoms with E-state index in [1.807, 2.05) is 30.0 Å². The van der Waals surface area contributed by atoms with Crippen LogP contribution in [0.2, 0.25) is 0 Å². The zero-order valence-corrected chi connectivity index (χ0v) is 14.7. The summed E-state index contributed by atoms with van der Waals surface area (Å²) in [5.41, 5.74) is 1.85. The van der Waals surface area contributed by atoms with Crippen LogP contribution in [0.3, 0.4) is 0 Å². The third-order valence-corrected chi connectivity index (χ3v) is 4.40. The smallest absolute Gasteiger partial charge is 0.254 e. The van der Waals surface area contributed by atoms with Crippen molar-refractivity contribution in [1.29, 1.82) is 0 Å². The Morgan fingerprint density at radius 2 is 2.24 bits per heavy atom. The molecule has 1 amide bonds. The molecule has 21 heavy (non-hydrogen) atoms. The highest BCUT2D eigenvalue weighted by atomic mass is 79.9. The lowest BCUT2D eigenvalue weighted by molar-refractivity contribution is 0.0720. The van der Waals surface area contributed by atoms with Crippen LogP contribution in [0.4, 0.5) is 0 Å². The number of nitrogens with zero attached hydrogens (tertiary/aromatic N) is 1. The summed E-state index contributed by atoms with van der Waals surface area (Å²) in [6.45, 7) is 9.02. The van der Waals surface area contributed by atoms with E-state index < -0.39 is 0 Å². The minimum absolute atomic E-state index is 0.149. The van der Waals surface area contributed by atoms with Crippen molar-refractivity contribution in [1.82, 2.24) is 10.2 Å². The molecule has 3 nitrogen and oxygen atoms in total. The second kappa shape index (κ2) is 7.41. The third-order valence-electron chi connectivity index (χ3n) is 3.91. The van der Waals surface area contributed by atoms with Gasteiger partial charge in [0.05, 0.1) is 0 Å². The average molecular weight is 353 g/mol. The fourth-order valence-electron chi connectivity index (χ4n) is 2.85. The van der Waals surface area contributed by atoms with Crippen LogP contribution in [0.15, 0.2) is 22.7 Å². The summed E-state index contributed by atoms with van der Waals surface area (Å²) in [5, 5.41) is 3.49. The second-order valence-electron chi connectivity index (χ2n) is 6.36. The predicted octanol–water partition coefficient (Wildman–Crippen LogP) is 3.61. The Balaban J connectivity index is 2.17. The average Bonchev–Trinajstić information content (AvgIpc) is 2.92. The molecule has 4 heteroatoms. The van der Waals surface area contributed by atoms with Crippen LogP contribution < -0.4 is 5.32 Å². The van der Waals surface area contributed by atoms with E-state index in [1.54, 1.807) is 0 Å². The molecular formula is C17H25BrN2O. The van der Waals surface area contributed by atoms with Gasteiger partial charge >= 0.3 is 0 Å². The molecule has 0 bridgehead atoms. The summed E-state index contributed by atoms with van der Waals surface area (Å²) in [4.78, 5) is 14.9. The lowest BCUT2D eigenvalue weighted by Gasteiger charge is -2.28. The van der Waals surface area contributed by atoms with Gasteiger partial charge in [0.15, 0.2) is 0 Å². The van der Waals surface area contributed by atoms with Gasteiger partial charge in [-0.25, -0.2) is 0 Å². The largest absolute Gasteiger partial charge is 0.337 e. The SMILES string of the molecule is Cc1ccc(Br)cc1C(=O)N(CC(C)C)CC1CCCN1. The number of carbonyl (C=O) groups is 1. The van der Waals surface area contributed by atoms with E-state index in [9.17, 15) is 4.79 Å². The molecule has 1 fully saturated rings. The molecule has 0 aromatic heterocycles. The maximum absolute atomic E-state index is 12.9. The van der Waals surface area contributed by atoms with Gasteiger partial charge in [-0.2, -0.15) is 0 Å². The minimum atomic E-state index is 0.149. The molecule has 1 unspecified atom stereocenters. The Kier molecular flexibility index (Phi) is 5.82. The lowest BCUT2D eigenvalue weighted by atomic mass is 10.1. The fourth-order valence-corrected chi connectivity index (χ4v) is 3.22. The number of benzene rings is 1. The molecule has 0 radical (unpaired) electrons. The molecule has 1 atom stereocenters. The van der Waals surface area contributed by atoms with Crippen molar-refractivity contribution in [2.24, 2.45) is 5.92 Å². The van der Waals surface area contributed by atoms with Gasteiger partial charge in [0.25, 0.3) is 5.91 Å². The maximum Gasteiger partial charge on any atom is 0.254 e. The zero-order chi connectivity index (χ0) is 15.4. The first kappa shape index (κ1) is 16.5. The van der Waals surface area contributed by atoms with Gasteiger partial charge in [-0.15, -0.1) is 0 Å². The van der Waals surface area contributed by atoms with E-state index in [2.05, 4.69) is 35.1 Å². The molecule has 116 valence electrons. The molecule has 1 aromatic carbocycles. The normalized spacial score (nSPS) is 18.2. The number of rotatable bonds is 5. The van der Waals surface area contributed by atoms with E-state index in [0.717, 1.165) is 35.2 Å². The molecule has 1 aliphatic heterocycles. The third kappa shape index (κ3) is 4.55. The highest BCUT2D eigenvalue weighted by molar-refractivity contribution is 9.10. The van der Waals surface area contributed by atoms with E-state index in [0.29, 0.717) is 12.0 Å². The van der Waals surface area contributed by atoms with E-state index in [4.69, 9.17) is 0 Å². The monoisotopic (exact) mass is 352 g/mol. The van der Waals surface area contributed by atoms with Crippen molar-refractivity contribution in [2.45, 2.75) is 39.7 Å². The van der Waals surface area contributed by atoms with Gasteiger partial charge in [0, 0.05) is 29.2 Å². The molecule has 1 N–H and O–H groups in total. The first-order chi connectivity index (χ1) is 9.97. The number of hydrogen-bond acceptors (Lipinski definition) is 2. The van der Waals surface area contributed by atoms with Gasteiger partial charge in [-0.1, -0.05) is 35.8 Å². The van der Waals surface area contributed by atoms with E-state index in [1.165, 1.54) is 12.8 Å². The predicted molar refractivity (Wildman–Crippen MR) is 90.6 cm³/mol. The molecule has 1 aromatic rings. The summed E-state index contributed by atoms with van der Waals surface area (Å²) in [5.74, 6) is 0.624. The number of amides is 1. The summed E-state index contributed by atoms with van der Waals surface area (Å²) in [6, 6.07) is 6.36. The van der Waals surface area contributed by atoms with Crippen molar-refractivity contribution in [3.05, 3.63) is 33.8 Å². The van der Waals surface area contributed by atoms with Gasteiger partial charge in [0.1, 0.15) is 0 Å². The molecule has 0 spiro atoms. The van der Waals surface area contributed by atoms with Crippen molar-refractivity contribution in [2.75, 3.05) is 19.6 Å². The molecule has 2 rings (SSSR count). The van der Waals surface area contributed by atoms with Crippen LogP contribution in [0.1, 0.15) is 42.6 Å². The van der Waals surface area contributed by atoms with Gasteiger partial charge in [0.2, 0.25) is 0 Å². The number of halogens is 1. The van der Waals surface area contributed by atoms with Crippen molar-refractivity contribution in [3.8, 4) is 0 Å². The van der Waals surface area contributed by atoms with Crippen LogP contribution in [-0.4, -0.2) is 36.5 Å². The molecule has 1 heterocycles. The van der Waals surface area contributed by atoms with Gasteiger partial charge in [-0.05, 0) is 49.9 Å². The molecule has 1 aliphatic rings. The van der Waals surface area contributed by atoms with Crippen molar-refractivity contribution < 1.29 is 4.79 Å². The summed E-state index contributed by atoms with van der Waals surface area (Å²) < 4.78 is 0.958. The topological polar surface area (TPSA) is 32.3 Å². The summed E-state index contributed by atoms with van der Waals surface area (Å²) >= 11 is 3.47. The molecule has 0 aliphatic carbocycles. The number of nitrogens with one attached hydrogen (secondary N) is 1. The highest BCUT2D eigenvalue weighted by Crippen LogP contribution is 2.19. The van der Waals surface area contributed by atoms with Crippen LogP contribution in [0.5, 0.6) is 0 Å². The molecule has 0 saturated carbocycles. The van der Waals surface area contributed by atoms with Crippen LogP contribution in [-0.2, 0) is 0 Å². The minimum Gasteiger partial charge on any atom is -0.337 e. The standard InChI is InChI=1S/C17H25BrN2O/c1-12(2)10-20(11-15-5-4-8-19-15)17(21)16-9-14(18)7-6-13(16)3/h6-7,9,12,15,19H,4-5,8,10-11H2,1-3H3. The van der Waals surface area contributed by atoms with Crippen molar-refractivity contribution >= 4 is 21.8 Å². The zero-order valence-electron chi connectivity index (χ0n) is 13.2. The molecule has 1 saturated heterocycles. The Hall–Kier alpha value is -0.870. The van der Waals surface area contributed by atoms with Crippen LogP contribution in [0.25, 0.3) is 0 Å².